The van der Waals surface area contributed by atoms with E-state index in [1.165, 1.54) is 6.07 Å². The van der Waals surface area contributed by atoms with Crippen molar-refractivity contribution in [1.29, 1.82) is 0 Å². The first-order chi connectivity index (χ1) is 9.86. The zero-order valence-electron chi connectivity index (χ0n) is 12.6. The third-order valence-corrected chi connectivity index (χ3v) is 3.70. The summed E-state index contributed by atoms with van der Waals surface area (Å²) in [6, 6.07) is 4.73. The van der Waals surface area contributed by atoms with Gasteiger partial charge in [-0.1, -0.05) is 13.0 Å². The molecule has 1 N–H and O–H groups in total. The molecule has 2 rings (SSSR count). The van der Waals surface area contributed by atoms with Crippen LogP contribution in [0.1, 0.15) is 42.5 Å². The van der Waals surface area contributed by atoms with Gasteiger partial charge in [-0.25, -0.2) is 4.68 Å². The quantitative estimate of drug-likeness (QED) is 0.693. The van der Waals surface area contributed by atoms with Crippen molar-refractivity contribution >= 4 is 5.69 Å². The van der Waals surface area contributed by atoms with E-state index in [1.807, 2.05) is 20.8 Å². The molecule has 1 aromatic carbocycles. The normalized spacial score (nSPS) is 12.4. The SMILES string of the molecule is CCc1c(C)nn(-c2ccc([C@@H](C)O)cc2[N+](=O)[O-])c1C. The van der Waals surface area contributed by atoms with Crippen molar-refractivity contribution in [3.05, 3.63) is 50.8 Å². The van der Waals surface area contributed by atoms with Crippen molar-refractivity contribution in [3.63, 3.8) is 0 Å². The van der Waals surface area contributed by atoms with Gasteiger partial charge in [0.2, 0.25) is 0 Å². The summed E-state index contributed by atoms with van der Waals surface area (Å²) in [5, 5.41) is 25.3. The summed E-state index contributed by atoms with van der Waals surface area (Å²) in [5.74, 6) is 0. The maximum Gasteiger partial charge on any atom is 0.295 e. The van der Waals surface area contributed by atoms with E-state index in [1.54, 1.807) is 23.7 Å². The summed E-state index contributed by atoms with van der Waals surface area (Å²) in [6.45, 7) is 7.42. The zero-order valence-corrected chi connectivity index (χ0v) is 12.6. The van der Waals surface area contributed by atoms with E-state index in [2.05, 4.69) is 5.10 Å². The minimum absolute atomic E-state index is 0.0540. The van der Waals surface area contributed by atoms with Crippen molar-refractivity contribution in [2.24, 2.45) is 0 Å². The van der Waals surface area contributed by atoms with Gasteiger partial charge in [-0.3, -0.25) is 10.1 Å². The van der Waals surface area contributed by atoms with Gasteiger partial charge in [0.25, 0.3) is 5.69 Å². The largest absolute Gasteiger partial charge is 0.389 e. The van der Waals surface area contributed by atoms with E-state index in [-0.39, 0.29) is 5.69 Å². The highest BCUT2D eigenvalue weighted by atomic mass is 16.6. The van der Waals surface area contributed by atoms with Crippen molar-refractivity contribution in [2.75, 3.05) is 0 Å². The molecule has 0 bridgehead atoms. The van der Waals surface area contributed by atoms with Gasteiger partial charge in [0.1, 0.15) is 5.69 Å². The van der Waals surface area contributed by atoms with E-state index in [4.69, 9.17) is 0 Å². The molecule has 1 heterocycles. The molecule has 0 saturated heterocycles. The number of aryl methyl sites for hydroxylation is 1. The highest BCUT2D eigenvalue weighted by molar-refractivity contribution is 5.55. The Morgan fingerprint density at radius 1 is 1.43 bits per heavy atom. The number of nitrogens with zero attached hydrogens (tertiary/aromatic N) is 3. The Hall–Kier alpha value is -2.21. The molecule has 6 heteroatoms. The van der Waals surface area contributed by atoms with E-state index in [0.717, 1.165) is 23.4 Å². The molecular formula is C15H19N3O3. The lowest BCUT2D eigenvalue weighted by Crippen LogP contribution is -2.05. The van der Waals surface area contributed by atoms with Gasteiger partial charge >= 0.3 is 0 Å². The maximum absolute atomic E-state index is 11.3. The predicted octanol–water partition coefficient (Wildman–Crippen LogP) is 3.01. The lowest BCUT2D eigenvalue weighted by molar-refractivity contribution is -0.384. The minimum atomic E-state index is -0.746. The van der Waals surface area contributed by atoms with Gasteiger partial charge < -0.3 is 5.11 Å². The highest BCUT2D eigenvalue weighted by Gasteiger charge is 2.21. The van der Waals surface area contributed by atoms with Gasteiger partial charge in [0.15, 0.2) is 0 Å². The molecule has 0 saturated carbocycles. The molecule has 2 aromatic rings. The van der Waals surface area contributed by atoms with Crippen LogP contribution in [0.25, 0.3) is 5.69 Å². The topological polar surface area (TPSA) is 81.2 Å². The Labute approximate surface area is 123 Å². The van der Waals surface area contributed by atoms with Crippen molar-refractivity contribution < 1.29 is 10.0 Å². The van der Waals surface area contributed by atoms with Crippen LogP contribution in [-0.4, -0.2) is 19.8 Å². The predicted molar refractivity (Wildman–Crippen MR) is 79.7 cm³/mol. The number of aromatic nitrogens is 2. The molecule has 0 radical (unpaired) electrons. The highest BCUT2D eigenvalue weighted by Crippen LogP contribution is 2.29. The monoisotopic (exact) mass is 289 g/mol. The first kappa shape index (κ1) is 15.2. The number of benzene rings is 1. The second-order valence-corrected chi connectivity index (χ2v) is 5.10. The number of aliphatic hydroxyl groups excluding tert-OH is 1. The molecule has 0 amide bonds. The molecular weight excluding hydrogens is 270 g/mol. The van der Waals surface area contributed by atoms with Crippen LogP contribution in [0.15, 0.2) is 18.2 Å². The Morgan fingerprint density at radius 2 is 2.10 bits per heavy atom. The van der Waals surface area contributed by atoms with E-state index in [9.17, 15) is 15.2 Å². The minimum Gasteiger partial charge on any atom is -0.389 e. The fourth-order valence-corrected chi connectivity index (χ4v) is 2.55. The lowest BCUT2D eigenvalue weighted by Gasteiger charge is -2.09. The lowest BCUT2D eigenvalue weighted by atomic mass is 10.1. The Morgan fingerprint density at radius 3 is 2.57 bits per heavy atom. The summed E-state index contributed by atoms with van der Waals surface area (Å²) >= 11 is 0. The molecule has 0 aliphatic carbocycles. The molecule has 1 atom stereocenters. The average Bonchev–Trinajstić information content (AvgIpc) is 2.72. The van der Waals surface area contributed by atoms with E-state index in [0.29, 0.717) is 11.3 Å². The summed E-state index contributed by atoms with van der Waals surface area (Å²) < 4.78 is 1.61. The van der Waals surface area contributed by atoms with E-state index < -0.39 is 11.0 Å². The number of hydrogen-bond acceptors (Lipinski definition) is 4. The molecule has 0 aliphatic heterocycles. The maximum atomic E-state index is 11.3. The molecule has 112 valence electrons. The summed E-state index contributed by atoms with van der Waals surface area (Å²) in [4.78, 5) is 10.9. The van der Waals surface area contributed by atoms with Crippen molar-refractivity contribution in [1.82, 2.24) is 9.78 Å². The number of rotatable bonds is 4. The van der Waals surface area contributed by atoms with Crippen LogP contribution in [0.5, 0.6) is 0 Å². The molecule has 1 aromatic heterocycles. The van der Waals surface area contributed by atoms with Gasteiger partial charge in [0, 0.05) is 11.8 Å². The van der Waals surface area contributed by atoms with Gasteiger partial charge in [-0.05, 0) is 44.4 Å². The van der Waals surface area contributed by atoms with Gasteiger partial charge in [-0.2, -0.15) is 5.10 Å². The van der Waals surface area contributed by atoms with Crippen molar-refractivity contribution in [2.45, 2.75) is 40.2 Å². The van der Waals surface area contributed by atoms with Crippen LogP contribution in [0.3, 0.4) is 0 Å². The molecule has 0 fully saturated rings. The number of nitro benzene ring substituents is 1. The Balaban J connectivity index is 2.66. The fourth-order valence-electron chi connectivity index (χ4n) is 2.55. The summed E-state index contributed by atoms with van der Waals surface area (Å²) in [7, 11) is 0. The average molecular weight is 289 g/mol. The second kappa shape index (κ2) is 5.65. The molecule has 21 heavy (non-hydrogen) atoms. The van der Waals surface area contributed by atoms with Crippen LogP contribution in [0.4, 0.5) is 5.69 Å². The third kappa shape index (κ3) is 2.67. The molecule has 0 spiro atoms. The number of nitro groups is 1. The van der Waals surface area contributed by atoms with Gasteiger partial charge in [-0.15, -0.1) is 0 Å². The van der Waals surface area contributed by atoms with Crippen LogP contribution < -0.4 is 0 Å². The van der Waals surface area contributed by atoms with Crippen LogP contribution in [0, 0.1) is 24.0 Å². The van der Waals surface area contributed by atoms with Gasteiger partial charge in [0.05, 0.1) is 16.7 Å². The molecule has 6 nitrogen and oxygen atoms in total. The van der Waals surface area contributed by atoms with Crippen LogP contribution >= 0.6 is 0 Å². The first-order valence-electron chi connectivity index (χ1n) is 6.88. The smallest absolute Gasteiger partial charge is 0.295 e. The Bertz CT molecular complexity index is 690. The Kier molecular flexibility index (Phi) is 4.09. The zero-order chi connectivity index (χ0) is 15.7. The molecule has 0 aliphatic rings. The molecule has 0 unspecified atom stereocenters. The first-order valence-corrected chi connectivity index (χ1v) is 6.88. The summed E-state index contributed by atoms with van der Waals surface area (Å²) in [5.41, 5.74) is 3.77. The van der Waals surface area contributed by atoms with E-state index >= 15 is 0 Å². The van der Waals surface area contributed by atoms with Crippen LogP contribution in [-0.2, 0) is 6.42 Å². The summed E-state index contributed by atoms with van der Waals surface area (Å²) in [6.07, 6.45) is 0.0847. The standard InChI is InChI=1S/C15H19N3O3/c1-5-13-9(2)16-17(10(13)3)14-7-6-12(11(4)19)8-15(14)18(20)21/h6-8,11,19H,5H2,1-4H3/t11-/m1/s1. The van der Waals surface area contributed by atoms with Crippen molar-refractivity contribution in [3.8, 4) is 5.69 Å². The second-order valence-electron chi connectivity index (χ2n) is 5.10. The number of hydrogen-bond donors (Lipinski definition) is 1. The fraction of sp³-hybridized carbons (Fsp3) is 0.400. The third-order valence-electron chi connectivity index (χ3n) is 3.70. The van der Waals surface area contributed by atoms with Crippen LogP contribution in [0.2, 0.25) is 0 Å². The number of aliphatic hydroxyl groups is 1.